The molecule has 3 aromatic rings. The largest absolute Gasteiger partial charge is 0.368 e. The van der Waals surface area contributed by atoms with Crippen molar-refractivity contribution in [3.8, 4) is 0 Å². The number of imidazole rings is 2. The van der Waals surface area contributed by atoms with Gasteiger partial charge in [-0.2, -0.15) is 9.97 Å². The Hall–Kier alpha value is -2.10. The monoisotopic (exact) mass is 495 g/mol. The highest BCUT2D eigenvalue weighted by atomic mass is 35.5. The van der Waals surface area contributed by atoms with Crippen LogP contribution in [-0.4, -0.2) is 47.7 Å². The molecule has 3 heterocycles. The molecule has 4 N–H and O–H groups in total. The molecule has 0 aromatic carbocycles. The minimum Gasteiger partial charge on any atom is -0.368 e. The second-order valence-electron chi connectivity index (χ2n) is 9.00. The second kappa shape index (κ2) is 11.9. The highest BCUT2D eigenvalue weighted by Gasteiger charge is 2.23. The molecule has 0 spiro atoms. The number of aromatic nitrogens is 6. The third-order valence-electron chi connectivity index (χ3n) is 6.69. The highest BCUT2D eigenvalue weighted by Crippen LogP contribution is 2.33. The summed E-state index contributed by atoms with van der Waals surface area (Å²) in [6.07, 6.45) is 17.8. The van der Waals surface area contributed by atoms with Gasteiger partial charge in [0.25, 0.3) is 0 Å². The normalized spacial score (nSPS) is 20.9. The van der Waals surface area contributed by atoms with E-state index in [1.165, 1.54) is 25.7 Å². The molecule has 0 aliphatic heterocycles. The van der Waals surface area contributed by atoms with Crippen molar-refractivity contribution < 1.29 is 0 Å². The molecule has 0 unspecified atom stereocenters. The van der Waals surface area contributed by atoms with Crippen LogP contribution >= 0.6 is 24.8 Å². The number of fused-ring (bicyclic) bond motifs is 1. The lowest BCUT2D eigenvalue weighted by atomic mass is 9.92. The van der Waals surface area contributed by atoms with Crippen molar-refractivity contribution in [3.63, 3.8) is 0 Å². The zero-order chi connectivity index (χ0) is 21.0. The number of nitrogens with zero attached hydrogens (tertiary/aromatic N) is 6. The molecule has 2 saturated carbocycles. The van der Waals surface area contributed by atoms with Crippen molar-refractivity contribution in [1.82, 2.24) is 29.1 Å². The predicted molar refractivity (Wildman–Crippen MR) is 137 cm³/mol. The standard InChI is InChI=1S/C22H33N9.2ClH/c23-16-6-8-17(9-7-16)27-22-28-20(25-10-3-12-30-13-11-24-14-30)19-21(29-22)31(15-26-19)18-4-1-2-5-18;;/h11,13-18H,1-10,12,23H2,(H2,25,27,28,29);2*1H/t16-,17-;;. The first-order valence-electron chi connectivity index (χ1n) is 11.7. The molecule has 0 bridgehead atoms. The van der Waals surface area contributed by atoms with E-state index in [-0.39, 0.29) is 24.8 Å². The first kappa shape index (κ1) is 25.5. The molecule has 0 atom stereocenters. The van der Waals surface area contributed by atoms with Crippen molar-refractivity contribution in [2.45, 2.75) is 82.5 Å². The number of aryl methyl sites for hydroxylation is 1. The topological polar surface area (TPSA) is 112 Å². The van der Waals surface area contributed by atoms with Crippen LogP contribution < -0.4 is 16.4 Å². The van der Waals surface area contributed by atoms with E-state index in [9.17, 15) is 0 Å². The predicted octanol–water partition coefficient (Wildman–Crippen LogP) is 4.17. The second-order valence-corrected chi connectivity index (χ2v) is 9.00. The summed E-state index contributed by atoms with van der Waals surface area (Å²) in [7, 11) is 0. The van der Waals surface area contributed by atoms with Crippen LogP contribution in [0, 0.1) is 0 Å². The molecule has 11 heteroatoms. The summed E-state index contributed by atoms with van der Waals surface area (Å²) in [5.41, 5.74) is 7.89. The zero-order valence-corrected chi connectivity index (χ0v) is 20.5. The van der Waals surface area contributed by atoms with Crippen molar-refractivity contribution >= 4 is 47.7 Å². The maximum atomic E-state index is 6.08. The Labute approximate surface area is 207 Å². The molecule has 2 fully saturated rings. The van der Waals surface area contributed by atoms with Crippen molar-refractivity contribution in [1.29, 1.82) is 0 Å². The van der Waals surface area contributed by atoms with Gasteiger partial charge in [0, 0.05) is 43.6 Å². The van der Waals surface area contributed by atoms with Crippen LogP contribution in [0.2, 0.25) is 0 Å². The minimum atomic E-state index is 0. The van der Waals surface area contributed by atoms with Gasteiger partial charge in [-0.05, 0) is 44.9 Å². The number of nitrogens with one attached hydrogen (secondary N) is 2. The summed E-state index contributed by atoms with van der Waals surface area (Å²) in [5.74, 6) is 1.52. The molecule has 182 valence electrons. The van der Waals surface area contributed by atoms with Crippen LogP contribution in [-0.2, 0) is 6.54 Å². The molecular weight excluding hydrogens is 461 g/mol. The van der Waals surface area contributed by atoms with E-state index in [0.717, 1.165) is 62.2 Å². The van der Waals surface area contributed by atoms with Gasteiger partial charge in [0.1, 0.15) is 0 Å². The molecular formula is C22H35Cl2N9. The van der Waals surface area contributed by atoms with Crippen LogP contribution in [0.3, 0.4) is 0 Å². The van der Waals surface area contributed by atoms with Crippen LogP contribution in [0.15, 0.2) is 25.0 Å². The van der Waals surface area contributed by atoms with Gasteiger partial charge in [0.2, 0.25) is 5.95 Å². The first-order chi connectivity index (χ1) is 15.3. The summed E-state index contributed by atoms with van der Waals surface area (Å²) in [5, 5.41) is 7.10. The number of hydrogen-bond donors (Lipinski definition) is 3. The van der Waals surface area contributed by atoms with Crippen LogP contribution in [0.5, 0.6) is 0 Å². The lowest BCUT2D eigenvalue weighted by Crippen LogP contribution is -2.33. The summed E-state index contributed by atoms with van der Waals surface area (Å²) >= 11 is 0. The van der Waals surface area contributed by atoms with Crippen LogP contribution in [0.25, 0.3) is 11.2 Å². The van der Waals surface area contributed by atoms with Gasteiger partial charge >= 0.3 is 0 Å². The van der Waals surface area contributed by atoms with Gasteiger partial charge < -0.3 is 25.5 Å². The number of nitrogens with two attached hydrogens (primary N) is 1. The first-order valence-corrected chi connectivity index (χ1v) is 11.7. The van der Waals surface area contributed by atoms with Crippen molar-refractivity contribution in [2.75, 3.05) is 17.2 Å². The van der Waals surface area contributed by atoms with Gasteiger partial charge in [0.15, 0.2) is 17.0 Å². The van der Waals surface area contributed by atoms with E-state index in [1.54, 1.807) is 0 Å². The molecule has 2 aliphatic carbocycles. The smallest absolute Gasteiger partial charge is 0.227 e. The molecule has 0 saturated heterocycles. The lowest BCUT2D eigenvalue weighted by Gasteiger charge is -2.27. The Bertz CT molecular complexity index is 977. The Morgan fingerprint density at radius 1 is 1.00 bits per heavy atom. The number of halogens is 2. The van der Waals surface area contributed by atoms with Gasteiger partial charge in [-0.15, -0.1) is 24.8 Å². The zero-order valence-electron chi connectivity index (χ0n) is 18.9. The molecule has 33 heavy (non-hydrogen) atoms. The Morgan fingerprint density at radius 3 is 2.52 bits per heavy atom. The number of rotatable bonds is 8. The van der Waals surface area contributed by atoms with E-state index in [2.05, 4.69) is 24.8 Å². The lowest BCUT2D eigenvalue weighted by molar-refractivity contribution is 0.410. The Kier molecular flexibility index (Phi) is 9.17. The van der Waals surface area contributed by atoms with Gasteiger partial charge in [-0.25, -0.2) is 9.97 Å². The van der Waals surface area contributed by atoms with E-state index in [1.807, 2.05) is 25.0 Å². The summed E-state index contributed by atoms with van der Waals surface area (Å²) in [6.45, 7) is 1.74. The van der Waals surface area contributed by atoms with E-state index < -0.39 is 0 Å². The van der Waals surface area contributed by atoms with E-state index >= 15 is 0 Å². The number of anilines is 2. The van der Waals surface area contributed by atoms with Gasteiger partial charge in [-0.3, -0.25) is 0 Å². The molecule has 9 nitrogen and oxygen atoms in total. The average molecular weight is 496 g/mol. The molecule has 2 aliphatic rings. The van der Waals surface area contributed by atoms with Crippen molar-refractivity contribution in [3.05, 3.63) is 25.0 Å². The summed E-state index contributed by atoms with van der Waals surface area (Å²) in [6, 6.07) is 1.21. The maximum Gasteiger partial charge on any atom is 0.227 e. The summed E-state index contributed by atoms with van der Waals surface area (Å²) < 4.78 is 4.36. The number of hydrogen-bond acceptors (Lipinski definition) is 7. The molecule has 5 rings (SSSR count). The third kappa shape index (κ3) is 6.07. The highest BCUT2D eigenvalue weighted by molar-refractivity contribution is 5.86. The van der Waals surface area contributed by atoms with Gasteiger partial charge in [0.05, 0.1) is 12.7 Å². The fourth-order valence-electron chi connectivity index (χ4n) is 4.89. The van der Waals surface area contributed by atoms with Crippen molar-refractivity contribution in [2.24, 2.45) is 5.73 Å². The maximum absolute atomic E-state index is 6.08. The third-order valence-corrected chi connectivity index (χ3v) is 6.69. The van der Waals surface area contributed by atoms with E-state index in [4.69, 9.17) is 20.7 Å². The van der Waals surface area contributed by atoms with Gasteiger partial charge in [-0.1, -0.05) is 12.8 Å². The fraction of sp³-hybridized carbons (Fsp3) is 0.636. The van der Waals surface area contributed by atoms with E-state index in [0.29, 0.717) is 24.1 Å². The quantitative estimate of drug-likeness (QED) is 0.402. The molecule has 0 amide bonds. The minimum absolute atomic E-state index is 0. The summed E-state index contributed by atoms with van der Waals surface area (Å²) in [4.78, 5) is 18.6. The molecule has 0 radical (unpaired) electrons. The molecule has 3 aromatic heterocycles. The Morgan fingerprint density at radius 2 is 1.79 bits per heavy atom. The van der Waals surface area contributed by atoms with Crippen LogP contribution in [0.1, 0.15) is 63.8 Å². The SMILES string of the molecule is Cl.Cl.N[C@H]1CC[C@H](Nc2nc(NCCCn3ccnc3)c3ncn(C4CCCC4)c3n2)CC1. The van der Waals surface area contributed by atoms with Crippen LogP contribution in [0.4, 0.5) is 11.8 Å². The Balaban J connectivity index is 0.00000153. The average Bonchev–Trinajstić information content (AvgIpc) is 3.54. The fourth-order valence-corrected chi connectivity index (χ4v) is 4.89.